The van der Waals surface area contributed by atoms with Gasteiger partial charge in [0, 0.05) is 16.1 Å². The zero-order valence-electron chi connectivity index (χ0n) is 20.5. The lowest BCUT2D eigenvalue weighted by Crippen LogP contribution is -2.20. The smallest absolute Gasteiger partial charge is 0.282 e. The Morgan fingerprint density at radius 2 is 1.63 bits per heavy atom. The summed E-state index contributed by atoms with van der Waals surface area (Å²) in [4.78, 5) is 18.1. The van der Waals surface area contributed by atoms with Gasteiger partial charge < -0.3 is 9.47 Å². The molecule has 0 aliphatic heterocycles. The third-order valence-electron chi connectivity index (χ3n) is 5.77. The maximum absolute atomic E-state index is 13.4. The molecule has 5 rings (SSSR count). The van der Waals surface area contributed by atoms with Gasteiger partial charge in [0.1, 0.15) is 6.61 Å². The van der Waals surface area contributed by atoms with Gasteiger partial charge in [0.25, 0.3) is 5.56 Å². The first-order valence-corrected chi connectivity index (χ1v) is 12.7. The Balaban J connectivity index is 1.53. The van der Waals surface area contributed by atoms with Crippen LogP contribution in [-0.4, -0.2) is 22.5 Å². The summed E-state index contributed by atoms with van der Waals surface area (Å²) in [6, 6.07) is 27.6. The van der Waals surface area contributed by atoms with Gasteiger partial charge in [-0.2, -0.15) is 9.78 Å². The number of nitrogens with zero attached hydrogens (tertiary/aromatic N) is 3. The standard InChI is InChI=1S/C30H23Cl2N3O3/c1-2-37-27-17-20(16-25(32)28(27)38-19-22-12-6-8-14-24(22)31)18-33-35-29(21-10-4-3-5-11-21)34-26-15-9-7-13-23(26)30(35)36/h3-18H,2,19H2,1H3. The topological polar surface area (TPSA) is 65.7 Å². The molecule has 0 radical (unpaired) electrons. The molecule has 0 saturated heterocycles. The molecule has 0 atom stereocenters. The van der Waals surface area contributed by atoms with Gasteiger partial charge in [-0.1, -0.05) is 83.9 Å². The van der Waals surface area contributed by atoms with Crippen molar-refractivity contribution < 1.29 is 9.47 Å². The predicted octanol–water partition coefficient (Wildman–Crippen LogP) is 7.23. The first-order valence-electron chi connectivity index (χ1n) is 12.0. The highest BCUT2D eigenvalue weighted by molar-refractivity contribution is 6.32. The van der Waals surface area contributed by atoms with Crippen LogP contribution >= 0.6 is 23.2 Å². The number of fused-ring (bicyclic) bond motifs is 1. The molecule has 0 aliphatic rings. The maximum atomic E-state index is 13.4. The predicted molar refractivity (Wildman–Crippen MR) is 153 cm³/mol. The van der Waals surface area contributed by atoms with E-state index >= 15 is 0 Å². The van der Waals surface area contributed by atoms with E-state index in [1.54, 1.807) is 36.5 Å². The molecule has 0 fully saturated rings. The van der Waals surface area contributed by atoms with E-state index in [-0.39, 0.29) is 12.2 Å². The molecule has 5 aromatic rings. The Bertz CT molecular complexity index is 1680. The van der Waals surface area contributed by atoms with Gasteiger partial charge in [-0.15, -0.1) is 0 Å². The molecule has 0 aliphatic carbocycles. The van der Waals surface area contributed by atoms with E-state index in [0.29, 0.717) is 50.4 Å². The van der Waals surface area contributed by atoms with Crippen molar-refractivity contribution in [3.8, 4) is 22.9 Å². The molecule has 190 valence electrons. The molecule has 0 N–H and O–H groups in total. The zero-order chi connectivity index (χ0) is 26.5. The third-order valence-corrected chi connectivity index (χ3v) is 6.42. The fraction of sp³-hybridized carbons (Fsp3) is 0.100. The fourth-order valence-electron chi connectivity index (χ4n) is 3.96. The van der Waals surface area contributed by atoms with Crippen LogP contribution in [0.25, 0.3) is 22.3 Å². The number of benzene rings is 4. The van der Waals surface area contributed by atoms with Gasteiger partial charge in [-0.05, 0) is 42.8 Å². The van der Waals surface area contributed by atoms with Crippen molar-refractivity contribution in [3.05, 3.63) is 123 Å². The van der Waals surface area contributed by atoms with Crippen molar-refractivity contribution in [2.75, 3.05) is 6.61 Å². The lowest BCUT2D eigenvalue weighted by Gasteiger charge is -2.15. The van der Waals surface area contributed by atoms with Crippen molar-refractivity contribution >= 4 is 40.3 Å². The molecule has 0 spiro atoms. The summed E-state index contributed by atoms with van der Waals surface area (Å²) in [5.74, 6) is 1.29. The normalized spacial score (nSPS) is 11.2. The van der Waals surface area contributed by atoms with Gasteiger partial charge in [0.2, 0.25) is 0 Å². The van der Waals surface area contributed by atoms with Crippen LogP contribution in [-0.2, 0) is 6.61 Å². The van der Waals surface area contributed by atoms with Crippen LogP contribution < -0.4 is 15.0 Å². The fourth-order valence-corrected chi connectivity index (χ4v) is 4.42. The maximum Gasteiger partial charge on any atom is 0.282 e. The van der Waals surface area contributed by atoms with Gasteiger partial charge in [0.05, 0.1) is 28.7 Å². The monoisotopic (exact) mass is 543 g/mol. The number of aromatic nitrogens is 2. The third kappa shape index (κ3) is 5.42. The Labute approximate surface area is 229 Å². The van der Waals surface area contributed by atoms with Crippen LogP contribution in [0.4, 0.5) is 0 Å². The molecule has 0 saturated carbocycles. The van der Waals surface area contributed by atoms with Gasteiger partial charge in [-0.25, -0.2) is 4.98 Å². The Morgan fingerprint density at radius 3 is 2.42 bits per heavy atom. The van der Waals surface area contributed by atoms with E-state index in [1.807, 2.05) is 67.6 Å². The van der Waals surface area contributed by atoms with E-state index in [4.69, 9.17) is 37.7 Å². The highest BCUT2D eigenvalue weighted by Crippen LogP contribution is 2.37. The number of para-hydroxylation sites is 1. The molecular weight excluding hydrogens is 521 g/mol. The molecule has 6 nitrogen and oxygen atoms in total. The Kier molecular flexibility index (Phi) is 7.73. The Hall–Kier alpha value is -4.13. The molecule has 1 aromatic heterocycles. The highest BCUT2D eigenvalue weighted by Gasteiger charge is 2.15. The average Bonchev–Trinajstić information content (AvgIpc) is 2.93. The number of ether oxygens (including phenoxy) is 2. The summed E-state index contributed by atoms with van der Waals surface area (Å²) in [5.41, 5.74) is 2.55. The number of hydrogen-bond donors (Lipinski definition) is 0. The molecule has 0 amide bonds. The molecule has 4 aromatic carbocycles. The summed E-state index contributed by atoms with van der Waals surface area (Å²) < 4.78 is 13.1. The lowest BCUT2D eigenvalue weighted by atomic mass is 10.2. The van der Waals surface area contributed by atoms with E-state index in [0.717, 1.165) is 11.1 Å². The molecule has 8 heteroatoms. The van der Waals surface area contributed by atoms with Crippen LogP contribution in [0.5, 0.6) is 11.5 Å². The second-order valence-electron chi connectivity index (χ2n) is 8.32. The van der Waals surface area contributed by atoms with Crippen LogP contribution in [0.1, 0.15) is 18.1 Å². The van der Waals surface area contributed by atoms with Crippen molar-refractivity contribution in [1.29, 1.82) is 0 Å². The molecular formula is C30H23Cl2N3O3. The molecule has 0 bridgehead atoms. The largest absolute Gasteiger partial charge is 0.490 e. The minimum Gasteiger partial charge on any atom is -0.490 e. The first kappa shape index (κ1) is 25.5. The van der Waals surface area contributed by atoms with Crippen LogP contribution in [0.2, 0.25) is 10.0 Å². The first-order chi connectivity index (χ1) is 18.5. The van der Waals surface area contributed by atoms with Crippen LogP contribution in [0.15, 0.2) is 101 Å². The number of halogens is 2. The second kappa shape index (κ2) is 11.5. The second-order valence-corrected chi connectivity index (χ2v) is 9.14. The van der Waals surface area contributed by atoms with E-state index < -0.39 is 0 Å². The minimum atomic E-state index is -0.276. The quantitative estimate of drug-likeness (QED) is 0.193. The SMILES string of the molecule is CCOc1cc(C=Nn2c(-c3ccccc3)nc3ccccc3c2=O)cc(Cl)c1OCc1ccccc1Cl. The van der Waals surface area contributed by atoms with E-state index in [2.05, 4.69) is 5.10 Å². The van der Waals surface area contributed by atoms with Crippen molar-refractivity contribution in [2.45, 2.75) is 13.5 Å². The average molecular weight is 544 g/mol. The van der Waals surface area contributed by atoms with Crippen molar-refractivity contribution in [2.24, 2.45) is 5.10 Å². The molecule has 38 heavy (non-hydrogen) atoms. The summed E-state index contributed by atoms with van der Waals surface area (Å²) >= 11 is 12.9. The minimum absolute atomic E-state index is 0.228. The van der Waals surface area contributed by atoms with Crippen LogP contribution in [0.3, 0.4) is 0 Å². The van der Waals surface area contributed by atoms with Gasteiger partial charge in [0.15, 0.2) is 17.3 Å². The highest BCUT2D eigenvalue weighted by atomic mass is 35.5. The van der Waals surface area contributed by atoms with Crippen molar-refractivity contribution in [1.82, 2.24) is 9.66 Å². The summed E-state index contributed by atoms with van der Waals surface area (Å²) in [7, 11) is 0. The van der Waals surface area contributed by atoms with Crippen molar-refractivity contribution in [3.63, 3.8) is 0 Å². The summed E-state index contributed by atoms with van der Waals surface area (Å²) in [6.07, 6.45) is 1.55. The number of rotatable bonds is 8. The number of hydrogen-bond acceptors (Lipinski definition) is 5. The van der Waals surface area contributed by atoms with E-state index in [1.165, 1.54) is 4.68 Å². The molecule has 0 unspecified atom stereocenters. The Morgan fingerprint density at radius 1 is 0.895 bits per heavy atom. The molecule has 1 heterocycles. The zero-order valence-corrected chi connectivity index (χ0v) is 22.0. The van der Waals surface area contributed by atoms with Crippen LogP contribution in [0, 0.1) is 0 Å². The van der Waals surface area contributed by atoms with E-state index in [9.17, 15) is 4.79 Å². The summed E-state index contributed by atoms with van der Waals surface area (Å²) in [6.45, 7) is 2.51. The summed E-state index contributed by atoms with van der Waals surface area (Å²) in [5, 5.41) is 5.95. The van der Waals surface area contributed by atoms with Gasteiger partial charge in [-0.3, -0.25) is 4.79 Å². The van der Waals surface area contributed by atoms with Gasteiger partial charge >= 0.3 is 0 Å². The lowest BCUT2D eigenvalue weighted by molar-refractivity contribution is 0.269.